The number of allylic oxidation sites excluding steroid dienone is 2. The molecule has 0 spiro atoms. The zero-order valence-electron chi connectivity index (χ0n) is 26.4. The molecule has 6 nitrogen and oxygen atoms in total. The number of aliphatic hydroxyl groups is 2. The molecule has 4 aliphatic rings. The van der Waals surface area contributed by atoms with Crippen molar-refractivity contribution in [1.82, 2.24) is 0 Å². The van der Waals surface area contributed by atoms with Gasteiger partial charge in [0, 0.05) is 12.5 Å². The van der Waals surface area contributed by atoms with E-state index in [2.05, 4.69) is 27.7 Å². The first-order chi connectivity index (χ1) is 18.8. The Bertz CT molecular complexity index is 1150. The fourth-order valence-electron chi connectivity index (χ4n) is 10.2. The summed E-state index contributed by atoms with van der Waals surface area (Å²) in [5.41, 5.74) is -1.95. The van der Waals surface area contributed by atoms with Crippen molar-refractivity contribution in [3.8, 4) is 0 Å². The van der Waals surface area contributed by atoms with Gasteiger partial charge in [0.05, 0.1) is 18.2 Å². The Balaban J connectivity index is 0.00000484. The van der Waals surface area contributed by atoms with Gasteiger partial charge in [-0.05, 0) is 116 Å². The monoisotopic (exact) mass is 606 g/mol. The van der Waals surface area contributed by atoms with E-state index >= 15 is 0 Å². The number of hydrogen-bond donors (Lipinski definition) is 2. The summed E-state index contributed by atoms with van der Waals surface area (Å²) in [5, 5.41) is 35.1. The third-order valence-electron chi connectivity index (χ3n) is 12.2. The zero-order valence-corrected chi connectivity index (χ0v) is 28.4. The summed E-state index contributed by atoms with van der Waals surface area (Å²) < 4.78 is 46.9. The number of aliphatic carboxylic acids is 1. The van der Waals surface area contributed by atoms with E-state index < -0.39 is 65.5 Å². The fourth-order valence-corrected chi connectivity index (χ4v) is 10.2. The number of halogens is 3. The second-order valence-corrected chi connectivity index (χ2v) is 14.3. The van der Waals surface area contributed by atoms with Gasteiger partial charge < -0.3 is 24.9 Å². The maximum atomic E-state index is 13.7. The average Bonchev–Trinajstić information content (AvgIpc) is 3.09. The van der Waals surface area contributed by atoms with Crippen molar-refractivity contribution < 1.29 is 72.4 Å². The van der Waals surface area contributed by atoms with Crippen molar-refractivity contribution in [3.05, 3.63) is 22.3 Å². The summed E-state index contributed by atoms with van der Waals surface area (Å²) in [5.74, 6) is -2.47. The third-order valence-corrected chi connectivity index (χ3v) is 12.2. The molecule has 0 amide bonds. The number of esters is 1. The molecule has 4 rings (SSSR count). The minimum Gasteiger partial charge on any atom is -0.545 e. The molecule has 10 heteroatoms. The first kappa shape index (κ1) is 35.6. The Morgan fingerprint density at radius 3 is 2.14 bits per heavy atom. The molecular formula is C32H46F3NaO6. The van der Waals surface area contributed by atoms with Gasteiger partial charge in [0.25, 0.3) is 0 Å². The standard InChI is InChI=1S/C32H47F3O6.Na/c1-16(2)20(32(33,34)35)9-8-19(28(39)40)26-22-14-24(38)27-29(5)12-11-23(37)17(3)21(29)10-13-30(27,6)31(22,7)15-25(26)41-18(4)36;/h17,21-25,27,37-38H,8-15H2,1-7H3,(H,39,40);/q;+1/p-1/t17-,21?,22+,23+,24+,25-,27?,29-,30-,31-;/m0./s1. The van der Waals surface area contributed by atoms with Gasteiger partial charge in [-0.2, -0.15) is 13.2 Å². The van der Waals surface area contributed by atoms with E-state index in [1.807, 2.05) is 0 Å². The molecule has 4 aliphatic carbocycles. The van der Waals surface area contributed by atoms with Crippen molar-refractivity contribution in [1.29, 1.82) is 0 Å². The molecule has 232 valence electrons. The molecule has 42 heavy (non-hydrogen) atoms. The predicted octanol–water partition coefficient (Wildman–Crippen LogP) is 2.27. The number of ether oxygens (including phenoxy) is 1. The van der Waals surface area contributed by atoms with Crippen LogP contribution >= 0.6 is 0 Å². The molecule has 0 saturated heterocycles. The normalized spacial score (nSPS) is 42.3. The van der Waals surface area contributed by atoms with Gasteiger partial charge >= 0.3 is 41.7 Å². The zero-order chi connectivity index (χ0) is 30.9. The van der Waals surface area contributed by atoms with Crippen LogP contribution in [0.5, 0.6) is 0 Å². The third kappa shape index (κ3) is 5.67. The van der Waals surface area contributed by atoms with Gasteiger partial charge in [0.15, 0.2) is 0 Å². The number of hydrogen-bond acceptors (Lipinski definition) is 6. The quantitative estimate of drug-likeness (QED) is 0.215. The Morgan fingerprint density at radius 1 is 1.00 bits per heavy atom. The molecule has 4 saturated carbocycles. The molecule has 0 aliphatic heterocycles. The number of carboxylic acid groups (broad SMARTS) is 1. The van der Waals surface area contributed by atoms with Crippen LogP contribution in [0.25, 0.3) is 0 Å². The summed E-state index contributed by atoms with van der Waals surface area (Å²) in [6.07, 6.45) is -4.06. The largest absolute Gasteiger partial charge is 1.00 e. The molecular weight excluding hydrogens is 560 g/mol. The van der Waals surface area contributed by atoms with Crippen molar-refractivity contribution in [2.75, 3.05) is 0 Å². The number of aliphatic hydroxyl groups excluding tert-OH is 2. The molecule has 0 aromatic heterocycles. The van der Waals surface area contributed by atoms with E-state index in [1.54, 1.807) is 0 Å². The molecule has 0 radical (unpaired) electrons. The number of rotatable bonds is 5. The van der Waals surface area contributed by atoms with Crippen LogP contribution in [0.2, 0.25) is 0 Å². The molecule has 0 aromatic rings. The number of carboxylic acids is 1. The predicted molar refractivity (Wildman–Crippen MR) is 145 cm³/mol. The van der Waals surface area contributed by atoms with E-state index in [9.17, 15) is 38.1 Å². The molecule has 0 heterocycles. The van der Waals surface area contributed by atoms with E-state index in [0.29, 0.717) is 18.4 Å². The van der Waals surface area contributed by atoms with E-state index in [-0.39, 0.29) is 76.4 Å². The van der Waals surface area contributed by atoms with Gasteiger partial charge in [-0.25, -0.2) is 0 Å². The van der Waals surface area contributed by atoms with Crippen LogP contribution in [-0.4, -0.2) is 46.6 Å². The van der Waals surface area contributed by atoms with Crippen molar-refractivity contribution >= 4 is 11.9 Å². The first-order valence-corrected chi connectivity index (χ1v) is 15.0. The smallest absolute Gasteiger partial charge is 0.545 e. The first-order valence-electron chi connectivity index (χ1n) is 15.0. The van der Waals surface area contributed by atoms with Crippen molar-refractivity contribution in [3.63, 3.8) is 0 Å². The van der Waals surface area contributed by atoms with Crippen LogP contribution < -0.4 is 34.7 Å². The van der Waals surface area contributed by atoms with Crippen LogP contribution in [0, 0.1) is 39.9 Å². The summed E-state index contributed by atoms with van der Waals surface area (Å²) >= 11 is 0. The minimum atomic E-state index is -4.60. The maximum absolute atomic E-state index is 13.7. The summed E-state index contributed by atoms with van der Waals surface area (Å²) in [6, 6.07) is 0. The van der Waals surface area contributed by atoms with Gasteiger partial charge in [0.2, 0.25) is 0 Å². The Kier molecular flexibility index (Phi) is 10.3. The van der Waals surface area contributed by atoms with Crippen LogP contribution in [0.4, 0.5) is 13.2 Å². The molecule has 2 unspecified atom stereocenters. The number of carbonyl (C=O) groups is 2. The molecule has 10 atom stereocenters. The summed E-state index contributed by atoms with van der Waals surface area (Å²) in [4.78, 5) is 24.8. The van der Waals surface area contributed by atoms with Crippen LogP contribution in [0.1, 0.15) is 99.8 Å². The minimum absolute atomic E-state index is 0. The Hall–Kier alpha value is -0.870. The van der Waals surface area contributed by atoms with Crippen molar-refractivity contribution in [2.45, 2.75) is 124 Å². The van der Waals surface area contributed by atoms with Gasteiger partial charge in [0.1, 0.15) is 6.10 Å². The van der Waals surface area contributed by atoms with Gasteiger partial charge in [-0.1, -0.05) is 33.3 Å². The van der Waals surface area contributed by atoms with Crippen LogP contribution in [0.3, 0.4) is 0 Å². The van der Waals surface area contributed by atoms with Gasteiger partial charge in [-0.15, -0.1) is 0 Å². The topological polar surface area (TPSA) is 107 Å². The summed E-state index contributed by atoms with van der Waals surface area (Å²) in [6.45, 7) is 12.5. The fraction of sp³-hybridized carbons (Fsp3) is 0.812. The Labute approximate surface area is 269 Å². The molecule has 2 N–H and O–H groups in total. The average molecular weight is 607 g/mol. The van der Waals surface area contributed by atoms with E-state index in [1.165, 1.54) is 20.8 Å². The number of carbonyl (C=O) groups excluding carboxylic acids is 2. The second-order valence-electron chi connectivity index (χ2n) is 14.3. The SMILES string of the molecule is CC(=O)O[C@H]1C[C@@]2(C)[C@H](C[C@@H](O)C3[C@@]4(C)CC[C@@H](O)[C@@H](C)C4CC[C@@]32C)C1=C(CCC(=C(C)C)C(F)(F)F)C(=O)[O-].[Na+]. The molecule has 0 bridgehead atoms. The van der Waals surface area contributed by atoms with E-state index in [4.69, 9.17) is 4.74 Å². The van der Waals surface area contributed by atoms with Crippen LogP contribution in [0.15, 0.2) is 22.3 Å². The molecule has 0 aromatic carbocycles. The second kappa shape index (κ2) is 12.1. The number of fused-ring (bicyclic) bond motifs is 5. The number of alkyl halides is 3. The van der Waals surface area contributed by atoms with E-state index in [0.717, 1.165) is 19.3 Å². The van der Waals surface area contributed by atoms with Crippen molar-refractivity contribution in [2.24, 2.45) is 39.9 Å². The molecule has 4 fully saturated rings. The van der Waals surface area contributed by atoms with Gasteiger partial charge in [-0.3, -0.25) is 4.79 Å². The Morgan fingerprint density at radius 2 is 1.62 bits per heavy atom. The van der Waals surface area contributed by atoms with Crippen LogP contribution in [-0.2, 0) is 14.3 Å². The summed E-state index contributed by atoms with van der Waals surface area (Å²) in [7, 11) is 0. The maximum Gasteiger partial charge on any atom is 1.00 e.